The monoisotopic (exact) mass is 308 g/mol. The molecule has 118 valence electrons. The quantitative estimate of drug-likeness (QED) is 0.758. The molecule has 0 unspecified atom stereocenters. The Kier molecular flexibility index (Phi) is 3.12. The van der Waals surface area contributed by atoms with Gasteiger partial charge in [0.15, 0.2) is 17.0 Å². The molecule has 0 amide bonds. The summed E-state index contributed by atoms with van der Waals surface area (Å²) in [6.07, 6.45) is 1.31. The Hall–Kier alpha value is -2.00. The van der Waals surface area contributed by atoms with Gasteiger partial charge in [-0.3, -0.25) is 4.57 Å². The van der Waals surface area contributed by atoms with E-state index in [0.29, 0.717) is 23.0 Å². The fourth-order valence-corrected chi connectivity index (χ4v) is 2.69. The Balaban J connectivity index is 1.71. The lowest BCUT2D eigenvalue weighted by atomic mass is 10.2. The van der Waals surface area contributed by atoms with Gasteiger partial charge in [0.05, 0.1) is 12.9 Å². The number of aromatic nitrogens is 4. The number of nitrogens with two attached hydrogens (primary N) is 1. The summed E-state index contributed by atoms with van der Waals surface area (Å²) >= 11 is 0. The summed E-state index contributed by atoms with van der Waals surface area (Å²) in [5, 5.41) is 12.4. The smallest absolute Gasteiger partial charge is 0.224 e. The lowest BCUT2D eigenvalue weighted by molar-refractivity contribution is -0.0323. The zero-order valence-electron chi connectivity index (χ0n) is 11.8. The number of nitrogens with zero attached hydrogens (tertiary/aromatic N) is 4. The third-order valence-corrected chi connectivity index (χ3v) is 4.01. The summed E-state index contributed by atoms with van der Waals surface area (Å²) in [4.78, 5) is 12.7. The lowest BCUT2D eigenvalue weighted by Gasteiger charge is -2.14. The van der Waals surface area contributed by atoms with E-state index in [1.807, 2.05) is 0 Å². The minimum Gasteiger partial charge on any atom is -0.394 e. The van der Waals surface area contributed by atoms with Crippen LogP contribution >= 0.6 is 0 Å². The molecule has 8 nitrogen and oxygen atoms in total. The Bertz CT molecular complexity index is 703. The Morgan fingerprint density at radius 3 is 2.95 bits per heavy atom. The predicted octanol–water partition coefficient (Wildman–Crippen LogP) is 0.601. The first-order chi connectivity index (χ1) is 10.7. The molecule has 3 heterocycles. The second-order valence-electron chi connectivity index (χ2n) is 5.74. The number of halogens is 1. The highest BCUT2D eigenvalue weighted by molar-refractivity contribution is 5.84. The molecule has 0 radical (unpaired) electrons. The van der Waals surface area contributed by atoms with E-state index in [0.717, 1.165) is 12.8 Å². The molecule has 3 atom stereocenters. The maximum absolute atomic E-state index is 13.8. The zero-order valence-corrected chi connectivity index (χ0v) is 11.8. The number of hydrogen-bond acceptors (Lipinski definition) is 7. The number of aliphatic hydroxyl groups excluding tert-OH is 1. The molecule has 9 heteroatoms. The van der Waals surface area contributed by atoms with Crippen molar-refractivity contribution in [3.8, 4) is 0 Å². The molecule has 2 aliphatic rings. The third-order valence-electron chi connectivity index (χ3n) is 4.01. The van der Waals surface area contributed by atoms with Crippen molar-refractivity contribution in [1.82, 2.24) is 19.5 Å². The van der Waals surface area contributed by atoms with Crippen LogP contribution in [0.25, 0.3) is 11.2 Å². The van der Waals surface area contributed by atoms with E-state index in [1.165, 1.54) is 0 Å². The highest BCUT2D eigenvalue weighted by Crippen LogP contribution is 2.34. The van der Waals surface area contributed by atoms with Gasteiger partial charge in [0.1, 0.15) is 18.5 Å². The average Bonchev–Trinajstić information content (AvgIpc) is 3.07. The summed E-state index contributed by atoms with van der Waals surface area (Å²) in [7, 11) is 0. The van der Waals surface area contributed by atoms with Crippen molar-refractivity contribution in [3.63, 3.8) is 0 Å². The van der Waals surface area contributed by atoms with Gasteiger partial charge in [-0.15, -0.1) is 0 Å². The number of hydrogen-bond donors (Lipinski definition) is 3. The van der Waals surface area contributed by atoms with Crippen LogP contribution in [0.4, 0.5) is 16.2 Å². The molecule has 2 aromatic rings. The molecule has 1 saturated heterocycles. The number of alkyl halides is 1. The second-order valence-corrected chi connectivity index (χ2v) is 5.74. The Morgan fingerprint density at radius 2 is 2.27 bits per heavy atom. The molecule has 0 spiro atoms. The highest BCUT2D eigenvalue weighted by Gasteiger charge is 2.37. The third kappa shape index (κ3) is 2.26. The fraction of sp³-hybridized carbons (Fsp3) is 0.615. The summed E-state index contributed by atoms with van der Waals surface area (Å²) < 4.78 is 21.0. The van der Waals surface area contributed by atoms with Crippen LogP contribution in [0.5, 0.6) is 0 Å². The largest absolute Gasteiger partial charge is 0.394 e. The molecule has 4 rings (SSSR count). The lowest BCUT2D eigenvalue weighted by Crippen LogP contribution is -2.21. The first kappa shape index (κ1) is 13.6. The van der Waals surface area contributed by atoms with Crippen LogP contribution in [-0.4, -0.2) is 49.5 Å². The number of rotatable bonds is 4. The molecule has 1 aliphatic carbocycles. The van der Waals surface area contributed by atoms with Crippen molar-refractivity contribution in [3.05, 3.63) is 6.33 Å². The van der Waals surface area contributed by atoms with E-state index in [2.05, 4.69) is 20.3 Å². The first-order valence-electron chi connectivity index (χ1n) is 7.32. The van der Waals surface area contributed by atoms with Crippen molar-refractivity contribution in [1.29, 1.82) is 0 Å². The minimum atomic E-state index is -1.21. The second kappa shape index (κ2) is 5.03. The fourth-order valence-electron chi connectivity index (χ4n) is 2.69. The summed E-state index contributed by atoms with van der Waals surface area (Å²) in [6, 6.07) is 0.402. The van der Waals surface area contributed by atoms with Gasteiger partial charge in [0, 0.05) is 12.5 Å². The van der Waals surface area contributed by atoms with E-state index >= 15 is 0 Å². The molecule has 2 aromatic heterocycles. The van der Waals surface area contributed by atoms with Gasteiger partial charge in [-0.1, -0.05) is 0 Å². The zero-order chi connectivity index (χ0) is 15.3. The first-order valence-corrected chi connectivity index (χ1v) is 7.32. The molecule has 2 fully saturated rings. The van der Waals surface area contributed by atoms with Crippen LogP contribution in [0, 0.1) is 0 Å². The molecule has 0 bridgehead atoms. The Labute approximate surface area is 125 Å². The number of nitrogen functional groups attached to an aromatic ring is 1. The van der Waals surface area contributed by atoms with Gasteiger partial charge in [-0.25, -0.2) is 9.37 Å². The number of aliphatic hydroxyl groups is 1. The van der Waals surface area contributed by atoms with E-state index < -0.39 is 18.5 Å². The normalized spacial score (nSPS) is 28.4. The Morgan fingerprint density at radius 1 is 1.45 bits per heavy atom. The number of ether oxygens (including phenoxy) is 1. The van der Waals surface area contributed by atoms with E-state index in [1.54, 1.807) is 10.9 Å². The predicted molar refractivity (Wildman–Crippen MR) is 76.9 cm³/mol. The maximum Gasteiger partial charge on any atom is 0.224 e. The number of fused-ring (bicyclic) bond motifs is 1. The highest BCUT2D eigenvalue weighted by atomic mass is 19.1. The van der Waals surface area contributed by atoms with E-state index in [9.17, 15) is 4.39 Å². The average molecular weight is 308 g/mol. The number of anilines is 2. The molecule has 22 heavy (non-hydrogen) atoms. The van der Waals surface area contributed by atoms with Crippen LogP contribution in [0.15, 0.2) is 6.33 Å². The van der Waals surface area contributed by atoms with Crippen molar-refractivity contribution in [2.24, 2.45) is 0 Å². The van der Waals surface area contributed by atoms with Gasteiger partial charge in [0.2, 0.25) is 5.95 Å². The maximum atomic E-state index is 13.8. The van der Waals surface area contributed by atoms with Crippen molar-refractivity contribution < 1.29 is 14.2 Å². The minimum absolute atomic E-state index is 0.130. The molecular weight excluding hydrogens is 291 g/mol. The van der Waals surface area contributed by atoms with Crippen LogP contribution in [0.2, 0.25) is 0 Å². The van der Waals surface area contributed by atoms with Crippen LogP contribution in [-0.2, 0) is 4.74 Å². The van der Waals surface area contributed by atoms with Crippen LogP contribution < -0.4 is 11.1 Å². The van der Waals surface area contributed by atoms with Crippen LogP contribution in [0.1, 0.15) is 25.5 Å². The van der Waals surface area contributed by atoms with Gasteiger partial charge in [-0.2, -0.15) is 9.97 Å². The van der Waals surface area contributed by atoms with Crippen molar-refractivity contribution in [2.75, 3.05) is 17.7 Å². The molecule has 1 aliphatic heterocycles. The van der Waals surface area contributed by atoms with Crippen molar-refractivity contribution in [2.45, 2.75) is 43.8 Å². The van der Waals surface area contributed by atoms with Gasteiger partial charge >= 0.3 is 0 Å². The topological polar surface area (TPSA) is 111 Å². The molecule has 4 N–H and O–H groups in total. The molecular formula is C13H17FN6O2. The number of nitrogens with one attached hydrogen (secondary N) is 1. The van der Waals surface area contributed by atoms with Gasteiger partial charge < -0.3 is 20.9 Å². The summed E-state index contributed by atoms with van der Waals surface area (Å²) in [5.41, 5.74) is 6.87. The van der Waals surface area contributed by atoms with Crippen molar-refractivity contribution >= 4 is 22.9 Å². The summed E-state index contributed by atoms with van der Waals surface area (Å²) in [6.45, 7) is -0.351. The molecule has 0 aromatic carbocycles. The SMILES string of the molecule is Nc1nc(NC2CC2)c2ncn([C@H]3C[C@H](F)[C@@H](CO)O3)c2n1. The summed E-state index contributed by atoms with van der Waals surface area (Å²) in [5.74, 6) is 0.725. The molecule has 1 saturated carbocycles. The number of imidazole rings is 1. The standard InChI is InChI=1S/C13H17FN6O2/c14-7-3-9(22-8(7)4-21)20-5-16-10-11(17-6-1-2-6)18-13(15)19-12(10)20/h5-9,21H,1-4H2,(H3,15,17,18,19)/t7-,8+,9+/m0/s1. The van der Waals surface area contributed by atoms with Crippen LogP contribution in [0.3, 0.4) is 0 Å². The van der Waals surface area contributed by atoms with Gasteiger partial charge in [-0.05, 0) is 12.8 Å². The van der Waals surface area contributed by atoms with E-state index in [4.69, 9.17) is 15.6 Å². The van der Waals surface area contributed by atoms with Gasteiger partial charge in [0.25, 0.3) is 0 Å². The van der Waals surface area contributed by atoms with E-state index in [-0.39, 0.29) is 19.0 Å².